The number of anilines is 2. The van der Waals surface area contributed by atoms with Crippen LogP contribution in [0.5, 0.6) is 5.75 Å². The van der Waals surface area contributed by atoms with Crippen molar-refractivity contribution >= 4 is 51.8 Å². The molecule has 0 saturated heterocycles. The fourth-order valence-corrected chi connectivity index (χ4v) is 2.37. The monoisotopic (exact) mass is 337 g/mol. The number of nitrogens with one attached hydrogen (secondary N) is 2. The van der Waals surface area contributed by atoms with Gasteiger partial charge in [-0.05, 0) is 24.3 Å². The van der Waals surface area contributed by atoms with E-state index in [0.717, 1.165) is 0 Å². The minimum atomic E-state index is -1.22. The number of H-pyrrole nitrogens is 1. The van der Waals surface area contributed by atoms with Gasteiger partial charge in [-0.25, -0.2) is 9.78 Å². The van der Waals surface area contributed by atoms with Gasteiger partial charge in [0.1, 0.15) is 11.1 Å². The molecule has 22 heavy (non-hydrogen) atoms. The Balaban J connectivity index is 2.04. The first-order valence-corrected chi connectivity index (χ1v) is 6.89. The van der Waals surface area contributed by atoms with Crippen molar-refractivity contribution in [3.05, 3.63) is 45.9 Å². The highest BCUT2D eigenvalue weighted by Gasteiger charge is 2.16. The molecule has 0 radical (unpaired) electrons. The van der Waals surface area contributed by atoms with Crippen LogP contribution in [-0.2, 0) is 0 Å². The number of aromatic nitrogens is 2. The lowest BCUT2D eigenvalue weighted by atomic mass is 10.2. The highest BCUT2D eigenvalue weighted by Crippen LogP contribution is 2.33. The average molecular weight is 338 g/mol. The van der Waals surface area contributed by atoms with Crippen LogP contribution in [-0.4, -0.2) is 26.2 Å². The van der Waals surface area contributed by atoms with Gasteiger partial charge in [0.05, 0.1) is 21.2 Å². The smallest absolute Gasteiger partial charge is 0.339 e. The number of aromatic amines is 1. The predicted octanol–water partition coefficient (Wildman–Crippen LogP) is 4.02. The Hall–Kier alpha value is -2.44. The molecule has 1 heterocycles. The van der Waals surface area contributed by atoms with Crippen molar-refractivity contribution in [1.82, 2.24) is 9.97 Å². The Kier molecular flexibility index (Phi) is 3.56. The van der Waals surface area contributed by atoms with E-state index in [1.807, 2.05) is 0 Å². The number of aromatic hydroxyl groups is 1. The molecule has 3 aromatic rings. The molecule has 0 unspecified atom stereocenters. The summed E-state index contributed by atoms with van der Waals surface area (Å²) in [4.78, 5) is 18.0. The van der Waals surface area contributed by atoms with Gasteiger partial charge < -0.3 is 20.5 Å². The molecule has 1 aromatic heterocycles. The maximum Gasteiger partial charge on any atom is 0.339 e. The summed E-state index contributed by atoms with van der Waals surface area (Å²) >= 11 is 12.0. The standard InChI is InChI=1S/C14H9Cl2N3O3/c15-7-2-1-3-8(10(7)16)17-14-18-9-5-4-6(13(21)22)12(20)11(9)19-14/h1-5,20H,(H,21,22)(H2,17,18,19). The van der Waals surface area contributed by atoms with E-state index in [0.29, 0.717) is 27.2 Å². The molecule has 3 rings (SSSR count). The second-order valence-electron chi connectivity index (χ2n) is 4.47. The van der Waals surface area contributed by atoms with Gasteiger partial charge in [0, 0.05) is 0 Å². The summed E-state index contributed by atoms with van der Waals surface area (Å²) in [5, 5.41) is 22.6. The van der Waals surface area contributed by atoms with E-state index in [1.165, 1.54) is 12.1 Å². The van der Waals surface area contributed by atoms with Crippen molar-refractivity contribution in [2.45, 2.75) is 0 Å². The molecule has 0 aliphatic rings. The summed E-state index contributed by atoms with van der Waals surface area (Å²) in [7, 11) is 0. The molecule has 8 heteroatoms. The number of nitrogens with zero attached hydrogens (tertiary/aromatic N) is 1. The second-order valence-corrected chi connectivity index (χ2v) is 5.26. The van der Waals surface area contributed by atoms with E-state index in [-0.39, 0.29) is 16.8 Å². The zero-order valence-corrected chi connectivity index (χ0v) is 12.4. The maximum absolute atomic E-state index is 11.0. The third kappa shape index (κ3) is 2.43. The van der Waals surface area contributed by atoms with Crippen LogP contribution in [0, 0.1) is 0 Å². The number of rotatable bonds is 3. The van der Waals surface area contributed by atoms with Crippen LogP contribution in [0.4, 0.5) is 11.6 Å². The van der Waals surface area contributed by atoms with Gasteiger partial charge in [-0.1, -0.05) is 29.3 Å². The fourth-order valence-electron chi connectivity index (χ4n) is 2.02. The normalized spacial score (nSPS) is 10.8. The molecule has 0 atom stereocenters. The van der Waals surface area contributed by atoms with Gasteiger partial charge in [-0.2, -0.15) is 0 Å². The summed E-state index contributed by atoms with van der Waals surface area (Å²) in [5.74, 6) is -1.29. The van der Waals surface area contributed by atoms with Crippen LogP contribution in [0.15, 0.2) is 30.3 Å². The minimum absolute atomic E-state index is 0.205. The second kappa shape index (κ2) is 5.40. The molecule has 4 N–H and O–H groups in total. The average Bonchev–Trinajstić information content (AvgIpc) is 2.87. The number of hydrogen-bond acceptors (Lipinski definition) is 4. The number of imidazole rings is 1. The number of benzene rings is 2. The first kappa shape index (κ1) is 14.5. The Labute approximate surface area is 134 Å². The molecular weight excluding hydrogens is 329 g/mol. The predicted molar refractivity (Wildman–Crippen MR) is 84.5 cm³/mol. The van der Waals surface area contributed by atoms with Crippen LogP contribution < -0.4 is 5.32 Å². The molecule has 0 amide bonds. The summed E-state index contributed by atoms with van der Waals surface area (Å²) in [5.41, 5.74) is 0.971. The van der Waals surface area contributed by atoms with Gasteiger partial charge >= 0.3 is 5.97 Å². The van der Waals surface area contributed by atoms with Gasteiger partial charge in [0.25, 0.3) is 0 Å². The summed E-state index contributed by atoms with van der Waals surface area (Å²) in [6, 6.07) is 7.87. The zero-order chi connectivity index (χ0) is 15.9. The zero-order valence-electron chi connectivity index (χ0n) is 10.9. The van der Waals surface area contributed by atoms with E-state index < -0.39 is 5.97 Å². The quantitative estimate of drug-likeness (QED) is 0.578. The minimum Gasteiger partial charge on any atom is -0.505 e. The van der Waals surface area contributed by atoms with E-state index in [9.17, 15) is 9.90 Å². The maximum atomic E-state index is 11.0. The molecule has 0 aliphatic heterocycles. The van der Waals surface area contributed by atoms with E-state index in [4.69, 9.17) is 28.3 Å². The molecule has 0 saturated carbocycles. The lowest BCUT2D eigenvalue weighted by molar-refractivity contribution is 0.0694. The molecule has 6 nitrogen and oxygen atoms in total. The fraction of sp³-hybridized carbons (Fsp3) is 0. The lowest BCUT2D eigenvalue weighted by Crippen LogP contribution is -1.96. The Morgan fingerprint density at radius 3 is 2.73 bits per heavy atom. The number of aromatic carboxylic acids is 1. The third-order valence-electron chi connectivity index (χ3n) is 3.07. The molecule has 112 valence electrons. The summed E-state index contributed by atoms with van der Waals surface area (Å²) in [6.07, 6.45) is 0. The van der Waals surface area contributed by atoms with Crippen molar-refractivity contribution in [3.63, 3.8) is 0 Å². The first-order valence-electron chi connectivity index (χ1n) is 6.13. The Morgan fingerprint density at radius 1 is 1.23 bits per heavy atom. The van der Waals surface area contributed by atoms with Crippen LogP contribution >= 0.6 is 23.2 Å². The van der Waals surface area contributed by atoms with E-state index in [2.05, 4.69) is 15.3 Å². The number of phenols is 1. The number of carbonyl (C=O) groups is 1. The first-order chi connectivity index (χ1) is 10.5. The van der Waals surface area contributed by atoms with Crippen molar-refractivity contribution in [1.29, 1.82) is 0 Å². The van der Waals surface area contributed by atoms with E-state index in [1.54, 1.807) is 18.2 Å². The number of fused-ring (bicyclic) bond motifs is 1. The third-order valence-corrected chi connectivity index (χ3v) is 3.89. The highest BCUT2D eigenvalue weighted by atomic mass is 35.5. The van der Waals surface area contributed by atoms with Crippen LogP contribution in [0.3, 0.4) is 0 Å². The van der Waals surface area contributed by atoms with Gasteiger partial charge in [0.15, 0.2) is 5.75 Å². The number of halogens is 2. The van der Waals surface area contributed by atoms with Gasteiger partial charge in [-0.3, -0.25) is 0 Å². The largest absolute Gasteiger partial charge is 0.505 e. The van der Waals surface area contributed by atoms with Crippen LogP contribution in [0.1, 0.15) is 10.4 Å². The van der Waals surface area contributed by atoms with Crippen LogP contribution in [0.2, 0.25) is 10.0 Å². The van der Waals surface area contributed by atoms with Crippen molar-refractivity contribution in [2.75, 3.05) is 5.32 Å². The van der Waals surface area contributed by atoms with Crippen molar-refractivity contribution in [3.8, 4) is 5.75 Å². The molecule has 0 spiro atoms. The summed E-state index contributed by atoms with van der Waals surface area (Å²) < 4.78 is 0. The van der Waals surface area contributed by atoms with Crippen LogP contribution in [0.25, 0.3) is 11.0 Å². The van der Waals surface area contributed by atoms with Gasteiger partial charge in [0.2, 0.25) is 5.95 Å². The Bertz CT molecular complexity index is 892. The SMILES string of the molecule is O=C(O)c1ccc2nc(Nc3cccc(Cl)c3Cl)[nH]c2c1O. The highest BCUT2D eigenvalue weighted by molar-refractivity contribution is 6.43. The Morgan fingerprint density at radius 2 is 2.00 bits per heavy atom. The number of carboxylic acid groups (broad SMARTS) is 1. The van der Waals surface area contributed by atoms with Crippen molar-refractivity contribution < 1.29 is 15.0 Å². The van der Waals surface area contributed by atoms with Crippen molar-refractivity contribution in [2.24, 2.45) is 0 Å². The molecule has 0 aliphatic carbocycles. The number of carboxylic acids is 1. The molecule has 0 bridgehead atoms. The van der Waals surface area contributed by atoms with Gasteiger partial charge in [-0.15, -0.1) is 0 Å². The molecular formula is C14H9Cl2N3O3. The molecule has 2 aromatic carbocycles. The topological polar surface area (TPSA) is 98.2 Å². The lowest BCUT2D eigenvalue weighted by Gasteiger charge is -2.06. The molecule has 0 fully saturated rings. The van der Waals surface area contributed by atoms with E-state index >= 15 is 0 Å². The number of hydrogen-bond donors (Lipinski definition) is 4. The summed E-state index contributed by atoms with van der Waals surface area (Å²) in [6.45, 7) is 0.